The molecule has 0 fully saturated rings. The number of nitriles is 1. The average molecular weight is 369 g/mol. The summed E-state index contributed by atoms with van der Waals surface area (Å²) in [6.07, 6.45) is 4.38. The van der Waals surface area contributed by atoms with Crippen molar-refractivity contribution in [3.63, 3.8) is 0 Å². The van der Waals surface area contributed by atoms with Crippen LogP contribution < -0.4 is 9.47 Å². The second kappa shape index (κ2) is 8.92. The lowest BCUT2D eigenvalue weighted by molar-refractivity contribution is 0.309. The van der Waals surface area contributed by atoms with Gasteiger partial charge in [0.05, 0.1) is 25.4 Å². The number of rotatable bonds is 7. The quantitative estimate of drug-likeness (QED) is 0.290. The van der Waals surface area contributed by atoms with Gasteiger partial charge in [-0.1, -0.05) is 48.5 Å². The number of methoxy groups -OCH3 is 1. The molecule has 3 heteroatoms. The largest absolute Gasteiger partial charge is 0.493 e. The average Bonchev–Trinajstić information content (AvgIpc) is 2.72. The summed E-state index contributed by atoms with van der Waals surface area (Å²) in [5.74, 6) is 1.38. The zero-order chi connectivity index (χ0) is 19.9. The first kappa shape index (κ1) is 19.3. The molecule has 0 saturated heterocycles. The van der Waals surface area contributed by atoms with Crippen molar-refractivity contribution in [1.82, 2.24) is 0 Å². The summed E-state index contributed by atoms with van der Waals surface area (Å²) in [4.78, 5) is 0. The Labute approximate surface area is 166 Å². The van der Waals surface area contributed by atoms with Gasteiger partial charge in [0.2, 0.25) is 0 Å². The highest BCUT2D eigenvalue weighted by Gasteiger charge is 2.13. The lowest BCUT2D eigenvalue weighted by atomic mass is 9.96. The fourth-order valence-electron chi connectivity index (χ4n) is 3.37. The van der Waals surface area contributed by atoms with Gasteiger partial charge in [-0.3, -0.25) is 0 Å². The maximum atomic E-state index is 9.86. The SMILES string of the molecule is C=CCc1cc(/C=C(/C#N)c2cccc3ccccc23)cc(OCC)c1OC. The summed E-state index contributed by atoms with van der Waals surface area (Å²) < 4.78 is 11.3. The molecule has 3 rings (SSSR count). The molecule has 0 aliphatic carbocycles. The first-order valence-electron chi connectivity index (χ1n) is 9.26. The highest BCUT2D eigenvalue weighted by atomic mass is 16.5. The molecule has 0 spiro atoms. The van der Waals surface area contributed by atoms with Crippen LogP contribution in [0.3, 0.4) is 0 Å². The van der Waals surface area contributed by atoms with E-state index in [4.69, 9.17) is 9.47 Å². The number of nitrogens with zero attached hydrogens (tertiary/aromatic N) is 1. The van der Waals surface area contributed by atoms with Crippen LogP contribution in [-0.4, -0.2) is 13.7 Å². The van der Waals surface area contributed by atoms with Crippen molar-refractivity contribution in [2.24, 2.45) is 0 Å². The van der Waals surface area contributed by atoms with Gasteiger partial charge in [0.15, 0.2) is 11.5 Å². The van der Waals surface area contributed by atoms with Gasteiger partial charge >= 0.3 is 0 Å². The summed E-state index contributed by atoms with van der Waals surface area (Å²) in [5.41, 5.74) is 3.39. The van der Waals surface area contributed by atoms with E-state index in [0.29, 0.717) is 30.1 Å². The number of fused-ring (bicyclic) bond motifs is 1. The van der Waals surface area contributed by atoms with Crippen LogP contribution in [0.25, 0.3) is 22.4 Å². The number of hydrogen-bond acceptors (Lipinski definition) is 3. The Morgan fingerprint density at radius 1 is 1.14 bits per heavy atom. The molecule has 0 amide bonds. The smallest absolute Gasteiger partial charge is 0.164 e. The standard InChI is InChI=1S/C25H23NO2/c1-4-9-20-14-18(16-24(28-5-2)25(20)27-3)15-21(17-26)23-13-8-11-19-10-6-7-12-22(19)23/h4,6-8,10-16H,1,5,9H2,2-3H3/b21-15-. The molecular formula is C25H23NO2. The van der Waals surface area contributed by atoms with E-state index in [1.165, 1.54) is 0 Å². The lowest BCUT2D eigenvalue weighted by Gasteiger charge is -2.15. The number of allylic oxidation sites excluding steroid dienone is 2. The van der Waals surface area contributed by atoms with Gasteiger partial charge < -0.3 is 9.47 Å². The third kappa shape index (κ3) is 3.92. The lowest BCUT2D eigenvalue weighted by Crippen LogP contribution is -1.99. The highest BCUT2D eigenvalue weighted by molar-refractivity contribution is 6.01. The van der Waals surface area contributed by atoms with Gasteiger partial charge in [-0.2, -0.15) is 5.26 Å². The van der Waals surface area contributed by atoms with E-state index in [1.54, 1.807) is 7.11 Å². The van der Waals surface area contributed by atoms with Crippen molar-refractivity contribution in [3.8, 4) is 17.6 Å². The third-order valence-electron chi connectivity index (χ3n) is 4.53. The van der Waals surface area contributed by atoms with E-state index in [-0.39, 0.29) is 0 Å². The molecule has 0 heterocycles. The Morgan fingerprint density at radius 3 is 2.64 bits per heavy atom. The summed E-state index contributed by atoms with van der Waals surface area (Å²) >= 11 is 0. The molecule has 3 aromatic carbocycles. The zero-order valence-electron chi connectivity index (χ0n) is 16.2. The second-order valence-electron chi connectivity index (χ2n) is 6.33. The molecule has 0 saturated carbocycles. The molecule has 0 aliphatic rings. The van der Waals surface area contributed by atoms with E-state index in [1.807, 2.05) is 61.5 Å². The molecule has 0 unspecified atom stereocenters. The van der Waals surface area contributed by atoms with Gasteiger partial charge in [-0.25, -0.2) is 0 Å². The summed E-state index contributed by atoms with van der Waals surface area (Å²) in [6.45, 7) is 6.30. The van der Waals surface area contributed by atoms with Crippen LogP contribution in [0.2, 0.25) is 0 Å². The van der Waals surface area contributed by atoms with Crippen LogP contribution in [0.5, 0.6) is 11.5 Å². The fraction of sp³-hybridized carbons (Fsp3) is 0.160. The van der Waals surface area contributed by atoms with Crippen molar-refractivity contribution < 1.29 is 9.47 Å². The number of benzene rings is 3. The molecule has 0 bridgehead atoms. The van der Waals surface area contributed by atoms with Crippen molar-refractivity contribution in [2.45, 2.75) is 13.3 Å². The molecule has 140 valence electrons. The maximum Gasteiger partial charge on any atom is 0.164 e. The summed E-state index contributed by atoms with van der Waals surface area (Å²) in [7, 11) is 1.64. The Kier molecular flexibility index (Phi) is 6.14. The highest BCUT2D eigenvalue weighted by Crippen LogP contribution is 2.35. The molecule has 3 aromatic rings. The van der Waals surface area contributed by atoms with E-state index in [2.05, 4.69) is 24.8 Å². The Balaban J connectivity index is 2.17. The van der Waals surface area contributed by atoms with Crippen LogP contribution in [0, 0.1) is 11.3 Å². The first-order chi connectivity index (χ1) is 13.7. The van der Waals surface area contributed by atoms with Crippen LogP contribution in [0.15, 0.2) is 67.3 Å². The minimum atomic E-state index is 0.533. The van der Waals surface area contributed by atoms with Gasteiger partial charge in [-0.15, -0.1) is 6.58 Å². The van der Waals surface area contributed by atoms with Crippen LogP contribution in [0.4, 0.5) is 0 Å². The minimum Gasteiger partial charge on any atom is -0.493 e. The van der Waals surface area contributed by atoms with E-state index in [0.717, 1.165) is 27.5 Å². The van der Waals surface area contributed by atoms with E-state index < -0.39 is 0 Å². The third-order valence-corrected chi connectivity index (χ3v) is 4.53. The second-order valence-corrected chi connectivity index (χ2v) is 6.33. The van der Waals surface area contributed by atoms with Gasteiger partial charge in [0.25, 0.3) is 0 Å². The molecular weight excluding hydrogens is 346 g/mol. The number of ether oxygens (including phenoxy) is 2. The summed E-state index contributed by atoms with van der Waals surface area (Å²) in [6, 6.07) is 20.4. The summed E-state index contributed by atoms with van der Waals surface area (Å²) in [5, 5.41) is 12.0. The normalized spacial score (nSPS) is 11.1. The molecule has 0 N–H and O–H groups in total. The molecule has 3 nitrogen and oxygen atoms in total. The molecule has 28 heavy (non-hydrogen) atoms. The van der Waals surface area contributed by atoms with Gasteiger partial charge in [0.1, 0.15) is 0 Å². The predicted octanol–water partition coefficient (Wildman–Crippen LogP) is 6.04. The van der Waals surface area contributed by atoms with Crippen LogP contribution >= 0.6 is 0 Å². The van der Waals surface area contributed by atoms with Crippen molar-refractivity contribution in [3.05, 3.63) is 83.9 Å². The maximum absolute atomic E-state index is 9.86. The molecule has 0 radical (unpaired) electrons. The Hall–Kier alpha value is -3.51. The van der Waals surface area contributed by atoms with Crippen LogP contribution in [-0.2, 0) is 6.42 Å². The van der Waals surface area contributed by atoms with Crippen molar-refractivity contribution in [1.29, 1.82) is 5.26 Å². The van der Waals surface area contributed by atoms with Crippen molar-refractivity contribution >= 4 is 22.4 Å². The van der Waals surface area contributed by atoms with Gasteiger partial charge in [-0.05, 0) is 47.9 Å². The predicted molar refractivity (Wildman–Crippen MR) is 115 cm³/mol. The first-order valence-corrected chi connectivity index (χ1v) is 9.26. The Bertz CT molecular complexity index is 1070. The Morgan fingerprint density at radius 2 is 1.93 bits per heavy atom. The zero-order valence-corrected chi connectivity index (χ0v) is 16.2. The number of hydrogen-bond donors (Lipinski definition) is 0. The minimum absolute atomic E-state index is 0.533. The molecule has 0 aliphatic heterocycles. The van der Waals surface area contributed by atoms with Crippen molar-refractivity contribution in [2.75, 3.05) is 13.7 Å². The van der Waals surface area contributed by atoms with E-state index in [9.17, 15) is 5.26 Å². The van der Waals surface area contributed by atoms with E-state index >= 15 is 0 Å². The van der Waals surface area contributed by atoms with Gasteiger partial charge in [0, 0.05) is 11.1 Å². The monoisotopic (exact) mass is 369 g/mol. The topological polar surface area (TPSA) is 42.2 Å². The fourth-order valence-corrected chi connectivity index (χ4v) is 3.37. The molecule has 0 atom stereocenters. The molecule has 0 aromatic heterocycles. The van der Waals surface area contributed by atoms with Crippen LogP contribution in [0.1, 0.15) is 23.6 Å².